The number of hydrogen-bond donors (Lipinski definition) is 1. The molecule has 1 fully saturated rings. The lowest BCUT2D eigenvalue weighted by molar-refractivity contribution is -0.144. The minimum Gasteiger partial charge on any atom is -0.373 e. The maximum atomic E-state index is 12.3. The summed E-state index contributed by atoms with van der Waals surface area (Å²) in [5.41, 5.74) is 0.989. The second kappa shape index (κ2) is 12.4. The lowest BCUT2D eigenvalue weighted by Crippen LogP contribution is -2.43. The fourth-order valence-corrected chi connectivity index (χ4v) is 4.03. The molecule has 0 bridgehead atoms. The van der Waals surface area contributed by atoms with Crippen molar-refractivity contribution in [2.24, 2.45) is 5.90 Å². The van der Waals surface area contributed by atoms with Crippen molar-refractivity contribution in [1.82, 2.24) is 4.90 Å². The van der Waals surface area contributed by atoms with Gasteiger partial charge < -0.3 is 9.74 Å². The molecule has 1 aliphatic heterocycles. The van der Waals surface area contributed by atoms with Gasteiger partial charge in [-0.2, -0.15) is 17.7 Å². The van der Waals surface area contributed by atoms with Gasteiger partial charge in [0.2, 0.25) is 5.91 Å². The summed E-state index contributed by atoms with van der Waals surface area (Å²) < 4.78 is 0. The Kier molecular flexibility index (Phi) is 9.79. The van der Waals surface area contributed by atoms with Gasteiger partial charge in [-0.25, -0.2) is 0 Å². The highest BCUT2D eigenvalue weighted by molar-refractivity contribution is 7.99. The average molecular weight is 405 g/mol. The van der Waals surface area contributed by atoms with Gasteiger partial charge in [0.05, 0.1) is 6.04 Å². The van der Waals surface area contributed by atoms with Crippen LogP contribution in [0.5, 0.6) is 0 Å². The molecule has 0 unspecified atom stereocenters. The number of piperidine rings is 1. The summed E-state index contributed by atoms with van der Waals surface area (Å²) in [7, 11) is 0. The molecule has 1 aromatic carbocycles. The summed E-state index contributed by atoms with van der Waals surface area (Å²) in [6.45, 7) is 0.646. The Hall–Kier alpha value is -2.12. The van der Waals surface area contributed by atoms with Gasteiger partial charge in [0.25, 0.3) is 0 Å². The largest absolute Gasteiger partial charge is 0.373 e. The van der Waals surface area contributed by atoms with E-state index in [1.807, 2.05) is 41.3 Å². The van der Waals surface area contributed by atoms with Crippen molar-refractivity contribution in [3.05, 3.63) is 48.0 Å². The molecule has 152 valence electrons. The number of carbonyl (C=O) groups excluding carboxylic acids is 3. The number of amides is 1. The number of thioether (sulfide) groups is 1. The maximum absolute atomic E-state index is 12.3. The van der Waals surface area contributed by atoms with Crippen molar-refractivity contribution in [3.63, 3.8) is 0 Å². The zero-order valence-corrected chi connectivity index (χ0v) is 16.9. The normalized spacial score (nSPS) is 17.1. The Balaban J connectivity index is 1.78. The lowest BCUT2D eigenvalue weighted by atomic mass is 10.00. The van der Waals surface area contributed by atoms with Crippen LogP contribution in [0.4, 0.5) is 0 Å². The van der Waals surface area contributed by atoms with Crippen molar-refractivity contribution in [1.29, 1.82) is 0 Å². The summed E-state index contributed by atoms with van der Waals surface area (Å²) in [6.07, 6.45) is 7.18. The Morgan fingerprint density at radius 3 is 2.79 bits per heavy atom. The Morgan fingerprint density at radius 2 is 2.04 bits per heavy atom. The van der Waals surface area contributed by atoms with E-state index >= 15 is 0 Å². The molecular weight excluding hydrogens is 376 g/mol. The topological polar surface area (TPSA) is 89.7 Å². The smallest absolute Gasteiger partial charge is 0.324 e. The first kappa shape index (κ1) is 22.2. The summed E-state index contributed by atoms with van der Waals surface area (Å²) >= 11 is 1.70. The number of benzene rings is 1. The highest BCUT2D eigenvalue weighted by Gasteiger charge is 2.25. The van der Waals surface area contributed by atoms with Crippen molar-refractivity contribution >= 4 is 29.4 Å². The van der Waals surface area contributed by atoms with Crippen LogP contribution in [0.1, 0.15) is 37.7 Å². The molecule has 0 saturated carbocycles. The number of ketones is 1. The molecule has 7 heteroatoms. The Bertz CT molecular complexity index is 678. The van der Waals surface area contributed by atoms with Crippen LogP contribution in [0, 0.1) is 0 Å². The molecular formula is C21H28N2O4S. The maximum Gasteiger partial charge on any atom is 0.324 e. The molecule has 1 amide bonds. The number of allylic oxidation sites excluding steroid dienone is 1. The second-order valence-electron chi connectivity index (χ2n) is 6.74. The molecule has 1 aliphatic rings. The third kappa shape index (κ3) is 7.86. The molecule has 0 aromatic heterocycles. The first-order valence-corrected chi connectivity index (χ1v) is 10.8. The van der Waals surface area contributed by atoms with Gasteiger partial charge >= 0.3 is 5.97 Å². The van der Waals surface area contributed by atoms with E-state index < -0.39 is 5.97 Å². The number of likely N-dealkylation sites (tertiary alicyclic amines) is 1. The molecule has 6 nitrogen and oxygen atoms in total. The van der Waals surface area contributed by atoms with Crippen LogP contribution < -0.4 is 5.90 Å². The zero-order valence-electron chi connectivity index (χ0n) is 16.0. The highest BCUT2D eigenvalue weighted by atomic mass is 32.2. The van der Waals surface area contributed by atoms with Gasteiger partial charge in [-0.1, -0.05) is 36.4 Å². The number of nitrogens with two attached hydrogens (primary N) is 1. The van der Waals surface area contributed by atoms with E-state index in [0.29, 0.717) is 32.2 Å². The monoisotopic (exact) mass is 404 g/mol. The molecule has 0 aliphatic carbocycles. The predicted octanol–water partition coefficient (Wildman–Crippen LogP) is 2.67. The van der Waals surface area contributed by atoms with Crippen LogP contribution in [0.3, 0.4) is 0 Å². The molecule has 0 radical (unpaired) electrons. The molecule has 1 saturated heterocycles. The number of hydrogen-bond acceptors (Lipinski definition) is 6. The average Bonchev–Trinajstić information content (AvgIpc) is 2.70. The van der Waals surface area contributed by atoms with Crippen molar-refractivity contribution in [2.45, 2.75) is 44.6 Å². The fraction of sp³-hybridized carbons (Fsp3) is 0.476. The lowest BCUT2D eigenvalue weighted by Gasteiger charge is -2.34. The van der Waals surface area contributed by atoms with E-state index in [9.17, 15) is 14.4 Å². The van der Waals surface area contributed by atoms with Gasteiger partial charge in [-0.15, -0.1) is 0 Å². The van der Waals surface area contributed by atoms with Gasteiger partial charge in [0.15, 0.2) is 5.78 Å². The van der Waals surface area contributed by atoms with Crippen LogP contribution in [0.25, 0.3) is 0 Å². The molecule has 1 aromatic rings. The highest BCUT2D eigenvalue weighted by Crippen LogP contribution is 2.20. The molecule has 2 rings (SSSR count). The van der Waals surface area contributed by atoms with Gasteiger partial charge in [-0.3, -0.25) is 14.4 Å². The third-order valence-corrected chi connectivity index (χ3v) is 5.66. The molecule has 1 atom stereocenters. The standard InChI is InChI=1S/C21H28N2O4S/c22-27-21(26)10-5-14-28-15-13-23-18(8-4-9-20(23)25)11-12-19(24)16-17-6-2-1-3-7-17/h1-3,6-7,11-12,18H,4-5,8-10,13-16,22H2/b12-11+/t18-/m1/s1. The van der Waals surface area contributed by atoms with E-state index in [1.165, 1.54) is 0 Å². The SMILES string of the molecule is NOC(=O)CCCSCCN1C(=O)CCC[C@@H]1/C=C/C(=O)Cc1ccccc1. The van der Waals surface area contributed by atoms with E-state index in [1.54, 1.807) is 17.8 Å². The first-order chi connectivity index (χ1) is 13.6. The van der Waals surface area contributed by atoms with Gasteiger partial charge in [-0.05, 0) is 36.7 Å². The Labute approximate surface area is 170 Å². The molecule has 28 heavy (non-hydrogen) atoms. The quantitative estimate of drug-likeness (QED) is 0.346. The number of rotatable bonds is 11. The van der Waals surface area contributed by atoms with Gasteiger partial charge in [0.1, 0.15) is 0 Å². The number of nitrogens with zero attached hydrogens (tertiary/aromatic N) is 1. The van der Waals surface area contributed by atoms with Crippen LogP contribution in [-0.4, -0.2) is 46.7 Å². The summed E-state index contributed by atoms with van der Waals surface area (Å²) in [6, 6.07) is 9.62. The van der Waals surface area contributed by atoms with Crippen molar-refractivity contribution in [3.8, 4) is 0 Å². The van der Waals surface area contributed by atoms with E-state index in [2.05, 4.69) is 4.84 Å². The third-order valence-electron chi connectivity index (χ3n) is 4.61. The minimum absolute atomic E-state index is 0.0196. The summed E-state index contributed by atoms with van der Waals surface area (Å²) in [4.78, 5) is 41.5. The number of carbonyl (C=O) groups is 3. The first-order valence-electron chi connectivity index (χ1n) is 9.62. The second-order valence-corrected chi connectivity index (χ2v) is 7.97. The zero-order chi connectivity index (χ0) is 20.2. The predicted molar refractivity (Wildman–Crippen MR) is 110 cm³/mol. The van der Waals surface area contributed by atoms with Crippen LogP contribution in [0.2, 0.25) is 0 Å². The van der Waals surface area contributed by atoms with E-state index in [-0.39, 0.29) is 17.7 Å². The molecule has 0 spiro atoms. The van der Waals surface area contributed by atoms with Gasteiger partial charge in [0, 0.05) is 31.6 Å². The minimum atomic E-state index is -0.405. The van der Waals surface area contributed by atoms with Crippen molar-refractivity contribution in [2.75, 3.05) is 18.1 Å². The Morgan fingerprint density at radius 1 is 1.25 bits per heavy atom. The molecule has 1 heterocycles. The van der Waals surface area contributed by atoms with Crippen molar-refractivity contribution < 1.29 is 19.2 Å². The summed E-state index contributed by atoms with van der Waals surface area (Å²) in [5.74, 6) is 6.20. The fourth-order valence-electron chi connectivity index (χ4n) is 3.15. The van der Waals surface area contributed by atoms with Crippen LogP contribution in [-0.2, 0) is 25.6 Å². The van der Waals surface area contributed by atoms with E-state index in [4.69, 9.17) is 5.90 Å². The van der Waals surface area contributed by atoms with Crippen LogP contribution in [0.15, 0.2) is 42.5 Å². The molecule has 2 N–H and O–H groups in total. The summed E-state index contributed by atoms with van der Waals surface area (Å²) in [5, 5.41) is 0. The van der Waals surface area contributed by atoms with Crippen LogP contribution >= 0.6 is 11.8 Å². The van der Waals surface area contributed by atoms with E-state index in [0.717, 1.165) is 29.9 Å².